The van der Waals surface area contributed by atoms with Crippen molar-refractivity contribution >= 4 is 5.69 Å². The molecule has 0 aliphatic carbocycles. The third kappa shape index (κ3) is 3.60. The normalized spacial score (nSPS) is 10.7. The summed E-state index contributed by atoms with van der Waals surface area (Å²) >= 11 is 0. The van der Waals surface area contributed by atoms with Crippen LogP contribution in [0.4, 0.5) is 18.9 Å². The van der Waals surface area contributed by atoms with Crippen LogP contribution in [0.3, 0.4) is 0 Å². The molecule has 0 radical (unpaired) electrons. The van der Waals surface area contributed by atoms with E-state index >= 15 is 0 Å². The van der Waals surface area contributed by atoms with Gasteiger partial charge in [0.2, 0.25) is 0 Å². The molecule has 0 saturated heterocycles. The zero-order valence-corrected chi connectivity index (χ0v) is 8.06. The van der Waals surface area contributed by atoms with E-state index < -0.39 is 22.7 Å². The van der Waals surface area contributed by atoms with Crippen LogP contribution in [0.5, 0.6) is 5.75 Å². The number of hydrogen-bond acceptors (Lipinski definition) is 5. The van der Waals surface area contributed by atoms with Crippen LogP contribution in [0.2, 0.25) is 0 Å². The molecule has 0 aromatic carbocycles. The number of nitriles is 1. The summed E-state index contributed by atoms with van der Waals surface area (Å²) in [7, 11) is 0. The minimum atomic E-state index is -4.95. The van der Waals surface area contributed by atoms with Gasteiger partial charge < -0.3 is 4.74 Å². The smallest absolute Gasteiger partial charge is 0.404 e. The third-order valence-electron chi connectivity index (χ3n) is 1.60. The Balaban J connectivity index is 3.11. The predicted molar refractivity (Wildman–Crippen MR) is 46.9 cm³/mol. The second kappa shape index (κ2) is 4.65. The van der Waals surface area contributed by atoms with Crippen molar-refractivity contribution in [3.05, 3.63) is 28.1 Å². The maximum absolute atomic E-state index is 11.9. The quantitative estimate of drug-likeness (QED) is 0.601. The fourth-order valence-electron chi connectivity index (χ4n) is 1.02. The zero-order valence-electron chi connectivity index (χ0n) is 8.06. The minimum Gasteiger partial charge on any atom is -0.404 e. The van der Waals surface area contributed by atoms with Gasteiger partial charge in [-0.2, -0.15) is 5.26 Å². The Hall–Kier alpha value is -2.37. The summed E-state index contributed by atoms with van der Waals surface area (Å²) in [5, 5.41) is 18.9. The molecule has 0 spiro atoms. The summed E-state index contributed by atoms with van der Waals surface area (Å²) in [6, 6.07) is 2.19. The van der Waals surface area contributed by atoms with Gasteiger partial charge in [0, 0.05) is 0 Å². The molecule has 6 nitrogen and oxygen atoms in total. The van der Waals surface area contributed by atoms with Crippen LogP contribution in [0.25, 0.3) is 0 Å². The molecular formula is C8H4F3N3O3. The Morgan fingerprint density at radius 2 is 2.24 bits per heavy atom. The van der Waals surface area contributed by atoms with Gasteiger partial charge in [-0.1, -0.05) is 0 Å². The predicted octanol–water partition coefficient (Wildman–Crippen LogP) is 1.95. The molecule has 1 aromatic heterocycles. The molecule has 0 N–H and O–H groups in total. The largest absolute Gasteiger partial charge is 0.573 e. The van der Waals surface area contributed by atoms with Crippen molar-refractivity contribution in [2.45, 2.75) is 12.8 Å². The van der Waals surface area contributed by atoms with E-state index in [1.165, 1.54) is 0 Å². The number of alkyl halides is 3. The lowest BCUT2D eigenvalue weighted by Crippen LogP contribution is -2.17. The lowest BCUT2D eigenvalue weighted by atomic mass is 10.2. The molecule has 0 aliphatic heterocycles. The Kier molecular flexibility index (Phi) is 3.47. The van der Waals surface area contributed by atoms with E-state index in [0.717, 1.165) is 0 Å². The monoisotopic (exact) mass is 247 g/mol. The minimum absolute atomic E-state index is 0.216. The molecule has 0 unspecified atom stereocenters. The van der Waals surface area contributed by atoms with Gasteiger partial charge in [-0.3, -0.25) is 10.1 Å². The SMILES string of the molecule is N#CCc1ncc(OC(F)(F)F)cc1[N+](=O)[O-]. The van der Waals surface area contributed by atoms with E-state index in [1.54, 1.807) is 6.07 Å². The summed E-state index contributed by atoms with van der Waals surface area (Å²) in [6.45, 7) is 0. The van der Waals surface area contributed by atoms with Crippen LogP contribution in [0.15, 0.2) is 12.3 Å². The second-order valence-corrected chi connectivity index (χ2v) is 2.78. The second-order valence-electron chi connectivity index (χ2n) is 2.78. The Morgan fingerprint density at radius 1 is 1.59 bits per heavy atom. The summed E-state index contributed by atoms with van der Waals surface area (Å²) < 4.78 is 39.0. The van der Waals surface area contributed by atoms with Gasteiger partial charge in [-0.05, 0) is 0 Å². The Morgan fingerprint density at radius 3 is 2.71 bits per heavy atom. The fourth-order valence-corrected chi connectivity index (χ4v) is 1.02. The van der Waals surface area contributed by atoms with Crippen LogP contribution >= 0.6 is 0 Å². The highest BCUT2D eigenvalue weighted by atomic mass is 19.4. The Bertz CT molecular complexity index is 481. The van der Waals surface area contributed by atoms with Crippen LogP contribution in [-0.2, 0) is 6.42 Å². The number of hydrogen-bond donors (Lipinski definition) is 0. The topological polar surface area (TPSA) is 89.0 Å². The van der Waals surface area contributed by atoms with Gasteiger partial charge in [0.1, 0.15) is 5.69 Å². The first-order valence-corrected chi connectivity index (χ1v) is 4.09. The summed E-state index contributed by atoms with van der Waals surface area (Å²) in [5.74, 6) is -0.800. The van der Waals surface area contributed by atoms with Crippen LogP contribution in [-0.4, -0.2) is 16.3 Å². The molecule has 0 bridgehead atoms. The first-order chi connectivity index (χ1) is 7.83. The number of ether oxygens (including phenoxy) is 1. The van der Waals surface area contributed by atoms with Crippen LogP contribution < -0.4 is 4.74 Å². The zero-order chi connectivity index (χ0) is 13.1. The van der Waals surface area contributed by atoms with Gasteiger partial charge in [0.25, 0.3) is 5.69 Å². The summed E-state index contributed by atoms with van der Waals surface area (Å²) in [6.07, 6.45) is -4.65. The van der Waals surface area contributed by atoms with E-state index in [2.05, 4.69) is 9.72 Å². The molecular weight excluding hydrogens is 243 g/mol. The number of halogens is 3. The Labute approximate surface area is 92.4 Å². The molecule has 0 saturated carbocycles. The third-order valence-corrected chi connectivity index (χ3v) is 1.60. The molecule has 0 atom stereocenters. The van der Waals surface area contributed by atoms with E-state index in [-0.39, 0.29) is 12.1 Å². The van der Waals surface area contributed by atoms with Gasteiger partial charge in [-0.15, -0.1) is 13.2 Å². The van der Waals surface area contributed by atoms with Crippen molar-refractivity contribution in [2.24, 2.45) is 0 Å². The van der Waals surface area contributed by atoms with E-state index in [4.69, 9.17) is 5.26 Å². The van der Waals surface area contributed by atoms with Gasteiger partial charge in [0.15, 0.2) is 5.75 Å². The highest BCUT2D eigenvalue weighted by Crippen LogP contribution is 2.27. The van der Waals surface area contributed by atoms with Crippen molar-refractivity contribution in [1.82, 2.24) is 4.98 Å². The van der Waals surface area contributed by atoms with Crippen molar-refractivity contribution < 1.29 is 22.8 Å². The maximum Gasteiger partial charge on any atom is 0.573 e. The fraction of sp³-hybridized carbons (Fsp3) is 0.250. The molecule has 17 heavy (non-hydrogen) atoms. The number of nitrogens with zero attached hydrogens (tertiary/aromatic N) is 3. The standard InChI is InChI=1S/C8H4F3N3O3/c9-8(10,11)17-5-3-7(14(15)16)6(1-2-12)13-4-5/h3-4H,1H2. The average molecular weight is 247 g/mol. The molecule has 0 aliphatic rings. The lowest BCUT2D eigenvalue weighted by molar-refractivity contribution is -0.386. The van der Waals surface area contributed by atoms with E-state index in [9.17, 15) is 23.3 Å². The molecule has 90 valence electrons. The summed E-state index contributed by atoms with van der Waals surface area (Å²) in [5.41, 5.74) is -0.902. The van der Waals surface area contributed by atoms with Crippen molar-refractivity contribution in [3.63, 3.8) is 0 Å². The van der Waals surface area contributed by atoms with Gasteiger partial charge in [-0.25, -0.2) is 4.98 Å². The molecule has 1 aromatic rings. The number of aromatic nitrogens is 1. The van der Waals surface area contributed by atoms with E-state index in [0.29, 0.717) is 12.3 Å². The van der Waals surface area contributed by atoms with Gasteiger partial charge >= 0.3 is 6.36 Å². The van der Waals surface area contributed by atoms with Crippen molar-refractivity contribution in [1.29, 1.82) is 5.26 Å². The molecule has 0 fully saturated rings. The molecule has 1 heterocycles. The molecule has 1 rings (SSSR count). The highest BCUT2D eigenvalue weighted by Gasteiger charge is 2.32. The molecule has 0 amide bonds. The first-order valence-electron chi connectivity index (χ1n) is 4.09. The van der Waals surface area contributed by atoms with Crippen molar-refractivity contribution in [3.8, 4) is 11.8 Å². The average Bonchev–Trinajstić information content (AvgIpc) is 2.18. The van der Waals surface area contributed by atoms with E-state index in [1.807, 2.05) is 0 Å². The maximum atomic E-state index is 11.9. The number of rotatable bonds is 3. The lowest BCUT2D eigenvalue weighted by Gasteiger charge is -2.08. The van der Waals surface area contributed by atoms with Gasteiger partial charge in [0.05, 0.1) is 29.7 Å². The van der Waals surface area contributed by atoms with Crippen LogP contribution in [0, 0.1) is 21.4 Å². The van der Waals surface area contributed by atoms with Crippen molar-refractivity contribution in [2.75, 3.05) is 0 Å². The first kappa shape index (κ1) is 12.7. The number of nitro groups is 1. The molecule has 9 heteroatoms. The number of pyridine rings is 1. The summed E-state index contributed by atoms with van der Waals surface area (Å²) in [4.78, 5) is 13.0. The highest BCUT2D eigenvalue weighted by molar-refractivity contribution is 5.42. The van der Waals surface area contributed by atoms with Crippen LogP contribution in [0.1, 0.15) is 5.69 Å².